The maximum Gasteiger partial charge on any atom is 0.315 e. The predicted molar refractivity (Wildman–Crippen MR) is 189 cm³/mol. The van der Waals surface area contributed by atoms with Crippen LogP contribution >= 0.6 is 11.6 Å². The van der Waals surface area contributed by atoms with Gasteiger partial charge in [0.05, 0.1) is 48.2 Å². The van der Waals surface area contributed by atoms with Crippen molar-refractivity contribution in [2.24, 2.45) is 0 Å². The van der Waals surface area contributed by atoms with Gasteiger partial charge in [0.1, 0.15) is 24.1 Å². The lowest BCUT2D eigenvalue weighted by molar-refractivity contribution is -0.0902. The van der Waals surface area contributed by atoms with Gasteiger partial charge in [-0.15, -0.1) is 0 Å². The van der Waals surface area contributed by atoms with Crippen LogP contribution in [-0.2, 0) is 26.8 Å². The van der Waals surface area contributed by atoms with Crippen LogP contribution < -0.4 is 15.4 Å². The van der Waals surface area contributed by atoms with Crippen LogP contribution in [0.3, 0.4) is 0 Å². The number of carbonyl (C=O) groups excluding carboxylic acids is 1. The van der Waals surface area contributed by atoms with Crippen LogP contribution in [0.25, 0.3) is 11.1 Å². The average Bonchev–Trinajstić information content (AvgIpc) is 4.08. The van der Waals surface area contributed by atoms with Crippen molar-refractivity contribution in [2.75, 3.05) is 25.5 Å². The Morgan fingerprint density at radius 1 is 0.980 bits per heavy atom. The zero-order valence-electron chi connectivity index (χ0n) is 28.2. The number of carbonyl (C=O) groups is 1. The number of benzene rings is 2. The fourth-order valence-electron chi connectivity index (χ4n) is 5.77. The Hall–Kier alpha value is -3.34. The average molecular weight is 748 g/mol. The number of pyridine rings is 1. The minimum absolute atomic E-state index is 0.111. The van der Waals surface area contributed by atoms with Crippen LogP contribution in [0.15, 0.2) is 65.8 Å². The van der Waals surface area contributed by atoms with Gasteiger partial charge in [0.2, 0.25) is 0 Å². The molecule has 7 N–H and O–H groups in total. The van der Waals surface area contributed by atoms with E-state index in [0.717, 1.165) is 48.1 Å². The maximum absolute atomic E-state index is 13.2. The van der Waals surface area contributed by atoms with E-state index >= 15 is 0 Å². The minimum Gasteiger partial charge on any atom is -0.490 e. The number of aromatic nitrogens is 1. The molecule has 278 valence electrons. The highest BCUT2D eigenvalue weighted by Crippen LogP contribution is 2.53. The lowest BCUT2D eigenvalue weighted by Crippen LogP contribution is -2.56. The van der Waals surface area contributed by atoms with Crippen molar-refractivity contribution in [1.82, 2.24) is 15.6 Å². The molecule has 0 spiro atoms. The number of hydrogen-bond donors (Lipinski definition) is 7. The number of nitrogens with one attached hydrogen (secondary N) is 2. The van der Waals surface area contributed by atoms with Gasteiger partial charge in [-0.2, -0.15) is 0 Å². The Labute approximate surface area is 302 Å². The zero-order valence-corrected chi connectivity index (χ0v) is 29.7. The summed E-state index contributed by atoms with van der Waals surface area (Å²) in [5.41, 5.74) is 2.89. The first-order chi connectivity index (χ1) is 24.5. The molecular formula is C36H46ClN3O10S. The number of ether oxygens (including phenoxy) is 2. The van der Waals surface area contributed by atoms with Crippen LogP contribution in [0.4, 0.5) is 4.79 Å². The van der Waals surface area contributed by atoms with E-state index in [-0.39, 0.29) is 29.9 Å². The Kier molecular flexibility index (Phi) is 13.3. The largest absolute Gasteiger partial charge is 0.490 e. The summed E-state index contributed by atoms with van der Waals surface area (Å²) in [6.07, 6.45) is 3.61. The molecule has 2 amide bonds. The summed E-state index contributed by atoms with van der Waals surface area (Å²) in [5, 5.41) is 53.0. The fourth-order valence-corrected chi connectivity index (χ4v) is 7.36. The van der Waals surface area contributed by atoms with Crippen LogP contribution in [0.2, 0.25) is 5.02 Å². The quantitative estimate of drug-likeness (QED) is 0.0837. The monoisotopic (exact) mass is 747 g/mol. The number of hydrogen-bond acceptors (Lipinski definition) is 11. The number of urea groups is 1. The van der Waals surface area contributed by atoms with Gasteiger partial charge in [0, 0.05) is 35.1 Å². The predicted octanol–water partition coefficient (Wildman–Crippen LogP) is 2.83. The third kappa shape index (κ3) is 10.2. The molecule has 2 aliphatic carbocycles. The van der Waals surface area contributed by atoms with Gasteiger partial charge >= 0.3 is 6.03 Å². The number of rotatable bonds is 20. The summed E-state index contributed by atoms with van der Waals surface area (Å²) >= 11 is 6.52. The molecule has 0 bridgehead atoms. The highest BCUT2D eigenvalue weighted by molar-refractivity contribution is 7.91. The Morgan fingerprint density at radius 2 is 1.75 bits per heavy atom. The summed E-state index contributed by atoms with van der Waals surface area (Å²) in [7, 11) is -3.65. The Bertz CT molecular complexity index is 1740. The number of para-hydroxylation sites is 1. The zero-order chi connectivity index (χ0) is 36.6. The molecule has 0 saturated heterocycles. The van der Waals surface area contributed by atoms with Crippen molar-refractivity contribution in [3.05, 3.63) is 77.1 Å². The van der Waals surface area contributed by atoms with E-state index in [9.17, 15) is 33.6 Å². The number of halogens is 1. The summed E-state index contributed by atoms with van der Waals surface area (Å²) < 4.78 is 39.2. The van der Waals surface area contributed by atoms with E-state index in [1.165, 1.54) is 6.07 Å². The van der Waals surface area contributed by atoms with E-state index in [1.807, 2.05) is 36.5 Å². The number of amides is 2. The first kappa shape index (κ1) is 38.9. The first-order valence-corrected chi connectivity index (χ1v) is 19.2. The second-order valence-electron chi connectivity index (χ2n) is 13.1. The van der Waals surface area contributed by atoms with Gasteiger partial charge in [-0.05, 0) is 80.0 Å². The third-order valence-corrected chi connectivity index (χ3v) is 11.3. The van der Waals surface area contributed by atoms with Gasteiger partial charge in [0.25, 0.3) is 0 Å². The lowest BCUT2D eigenvalue weighted by Gasteiger charge is -2.28. The molecule has 3 aromatic rings. The molecule has 15 heteroatoms. The fraction of sp³-hybridized carbons (Fsp3) is 0.500. The molecule has 1 aromatic heterocycles. The van der Waals surface area contributed by atoms with E-state index < -0.39 is 59.0 Å². The second kappa shape index (κ2) is 17.5. The normalized spacial score (nSPS) is 17.6. The molecule has 0 aliphatic heterocycles. The lowest BCUT2D eigenvalue weighted by atomic mass is 9.96. The maximum atomic E-state index is 13.2. The van der Waals surface area contributed by atoms with Crippen LogP contribution in [0.5, 0.6) is 5.75 Å². The van der Waals surface area contributed by atoms with Crippen molar-refractivity contribution in [3.63, 3.8) is 0 Å². The number of nitrogens with zero attached hydrogens (tertiary/aromatic N) is 1. The summed E-state index contributed by atoms with van der Waals surface area (Å²) in [6.45, 7) is -1.24. The standard InChI is InChI=1S/C36H46ClN3O10S/c37-29-11-10-25(51(47,48)17-5-1-4-15-39-35(46)40-30(20-41)33(44)34(45)31(43)21-42)18-23(29)22-49-36(13-14-36)28-19-38-16-12-26(28)27-6-2-3-7-32(27)50-24-8-9-24/h2-3,6-7,10-12,16,18-19,24,30-31,33-34,41-45H,1,4-5,8-9,13-15,17,20-22H2,(H2,39,40,46). The van der Waals surface area contributed by atoms with Crippen molar-refractivity contribution in [1.29, 1.82) is 0 Å². The summed E-state index contributed by atoms with van der Waals surface area (Å²) in [4.78, 5) is 16.7. The number of aliphatic hydroxyl groups is 5. The molecule has 4 unspecified atom stereocenters. The number of sulfone groups is 1. The molecule has 51 heavy (non-hydrogen) atoms. The SMILES string of the molecule is O=C(NCCCCCS(=O)(=O)c1ccc(Cl)c(COC2(c3cnccc3-c3ccccc3OC3CC3)CC2)c1)NC(CO)C(O)C(O)C(O)CO. The molecule has 2 aromatic carbocycles. The highest BCUT2D eigenvalue weighted by Gasteiger charge is 2.48. The van der Waals surface area contributed by atoms with Crippen molar-refractivity contribution >= 4 is 27.5 Å². The van der Waals surface area contributed by atoms with E-state index in [1.54, 1.807) is 18.3 Å². The number of unbranched alkanes of at least 4 members (excludes halogenated alkanes) is 2. The molecule has 2 aliphatic rings. The minimum atomic E-state index is -3.65. The van der Waals surface area contributed by atoms with Crippen LogP contribution in [0.1, 0.15) is 56.1 Å². The molecule has 2 fully saturated rings. The van der Waals surface area contributed by atoms with Gasteiger partial charge in [-0.25, -0.2) is 13.2 Å². The van der Waals surface area contributed by atoms with E-state index in [2.05, 4.69) is 15.6 Å². The van der Waals surface area contributed by atoms with Crippen molar-refractivity contribution < 1.29 is 48.2 Å². The molecule has 0 radical (unpaired) electrons. The van der Waals surface area contributed by atoms with Gasteiger partial charge in [-0.3, -0.25) is 4.98 Å². The molecule has 5 rings (SSSR count). The molecule has 4 atom stereocenters. The Morgan fingerprint density at radius 3 is 2.45 bits per heavy atom. The molecular weight excluding hydrogens is 702 g/mol. The molecule has 1 heterocycles. The van der Waals surface area contributed by atoms with Crippen LogP contribution in [0, 0.1) is 0 Å². The molecule has 13 nitrogen and oxygen atoms in total. The number of aliphatic hydroxyl groups excluding tert-OH is 5. The van der Waals surface area contributed by atoms with Gasteiger partial charge in [-0.1, -0.05) is 36.2 Å². The van der Waals surface area contributed by atoms with Crippen molar-refractivity contribution in [3.8, 4) is 16.9 Å². The van der Waals surface area contributed by atoms with E-state index in [4.69, 9.17) is 26.2 Å². The van der Waals surface area contributed by atoms with Crippen molar-refractivity contribution in [2.45, 2.75) is 92.5 Å². The van der Waals surface area contributed by atoms with Crippen LogP contribution in [-0.4, -0.2) is 101 Å². The highest BCUT2D eigenvalue weighted by atomic mass is 35.5. The topological polar surface area (TPSA) is 208 Å². The third-order valence-electron chi connectivity index (χ3n) is 9.12. The molecule has 2 saturated carbocycles. The summed E-state index contributed by atoms with van der Waals surface area (Å²) in [6, 6.07) is 12.5. The first-order valence-electron chi connectivity index (χ1n) is 17.1. The Balaban J connectivity index is 1.12. The van der Waals surface area contributed by atoms with Gasteiger partial charge in [0.15, 0.2) is 9.84 Å². The smallest absolute Gasteiger partial charge is 0.315 e. The second-order valence-corrected chi connectivity index (χ2v) is 15.6. The summed E-state index contributed by atoms with van der Waals surface area (Å²) in [5.74, 6) is 0.712. The van der Waals surface area contributed by atoms with E-state index in [0.29, 0.717) is 29.8 Å². The van der Waals surface area contributed by atoms with Gasteiger partial charge < -0.3 is 45.6 Å².